The van der Waals surface area contributed by atoms with Crippen LogP contribution >= 0.6 is 15.9 Å². The molecule has 31 heavy (non-hydrogen) atoms. The molecule has 1 aliphatic rings. The van der Waals surface area contributed by atoms with Crippen LogP contribution in [0.2, 0.25) is 0 Å². The third-order valence-electron chi connectivity index (χ3n) is 5.19. The minimum atomic E-state index is -0.580. The second kappa shape index (κ2) is 8.03. The predicted molar refractivity (Wildman–Crippen MR) is 120 cm³/mol. The van der Waals surface area contributed by atoms with Gasteiger partial charge in [-0.1, -0.05) is 12.1 Å². The number of nitrogens with zero attached hydrogens (tertiary/aromatic N) is 4. The molecule has 9 heteroatoms. The number of fused-ring (bicyclic) bond motifs is 3. The summed E-state index contributed by atoms with van der Waals surface area (Å²) in [7, 11) is 1.62. The zero-order valence-electron chi connectivity index (χ0n) is 18.0. The van der Waals surface area contributed by atoms with Crippen molar-refractivity contribution in [2.45, 2.75) is 45.9 Å². The Balaban J connectivity index is 1.74. The molecule has 3 heterocycles. The molecule has 0 fully saturated rings. The number of benzene rings is 1. The van der Waals surface area contributed by atoms with Gasteiger partial charge in [0.15, 0.2) is 5.65 Å². The standard InChI is InChI=1S/C22H25BrN4O4/c1-22(2,3)31-21(29)25-10-9-16-18(13-25)27-19(17(23)11-24-27)26(20(16)28)12-14-5-7-15(30-4)8-6-14/h5-8,11H,9-10,12-13H2,1-4H3. The monoisotopic (exact) mass is 488 g/mol. The molecular formula is C22H25BrN4O4. The molecule has 0 N–H and O–H groups in total. The lowest BCUT2D eigenvalue weighted by Gasteiger charge is -2.31. The van der Waals surface area contributed by atoms with E-state index in [1.807, 2.05) is 45.0 Å². The van der Waals surface area contributed by atoms with Crippen molar-refractivity contribution in [1.82, 2.24) is 19.1 Å². The second-order valence-electron chi connectivity index (χ2n) is 8.54. The van der Waals surface area contributed by atoms with Gasteiger partial charge in [-0.25, -0.2) is 9.31 Å². The van der Waals surface area contributed by atoms with Crippen molar-refractivity contribution < 1.29 is 14.3 Å². The SMILES string of the molecule is COc1ccc(Cn2c(=O)c3c(n4ncc(Br)c24)CN(C(=O)OC(C)(C)C)CC3)cc1. The molecule has 1 aromatic carbocycles. The van der Waals surface area contributed by atoms with E-state index in [0.29, 0.717) is 36.4 Å². The minimum absolute atomic E-state index is 0.0663. The predicted octanol–water partition coefficient (Wildman–Crippen LogP) is 3.61. The van der Waals surface area contributed by atoms with Gasteiger partial charge in [0.1, 0.15) is 11.4 Å². The molecule has 0 atom stereocenters. The van der Waals surface area contributed by atoms with Crippen molar-refractivity contribution in [3.63, 3.8) is 0 Å². The minimum Gasteiger partial charge on any atom is -0.497 e. The molecule has 0 unspecified atom stereocenters. The van der Waals surface area contributed by atoms with Gasteiger partial charge in [0, 0.05) is 12.1 Å². The first-order valence-electron chi connectivity index (χ1n) is 10.1. The summed E-state index contributed by atoms with van der Waals surface area (Å²) in [5.41, 5.74) is 2.38. The third-order valence-corrected chi connectivity index (χ3v) is 5.75. The fourth-order valence-corrected chi connectivity index (χ4v) is 4.21. The first-order valence-corrected chi connectivity index (χ1v) is 10.9. The van der Waals surface area contributed by atoms with Crippen LogP contribution in [0, 0.1) is 0 Å². The van der Waals surface area contributed by atoms with E-state index >= 15 is 0 Å². The van der Waals surface area contributed by atoms with Crippen LogP contribution in [0.15, 0.2) is 39.7 Å². The maximum atomic E-state index is 13.5. The van der Waals surface area contributed by atoms with Crippen molar-refractivity contribution >= 4 is 27.7 Å². The topological polar surface area (TPSA) is 78.1 Å². The van der Waals surface area contributed by atoms with E-state index in [4.69, 9.17) is 9.47 Å². The van der Waals surface area contributed by atoms with Gasteiger partial charge in [-0.3, -0.25) is 9.36 Å². The van der Waals surface area contributed by atoms with Crippen LogP contribution < -0.4 is 10.3 Å². The highest BCUT2D eigenvalue weighted by molar-refractivity contribution is 9.10. The van der Waals surface area contributed by atoms with E-state index in [1.165, 1.54) is 0 Å². The van der Waals surface area contributed by atoms with Gasteiger partial charge in [0.2, 0.25) is 0 Å². The largest absolute Gasteiger partial charge is 0.497 e. The number of ether oxygens (including phenoxy) is 2. The Labute approximate surface area is 188 Å². The molecule has 2 aromatic heterocycles. The summed E-state index contributed by atoms with van der Waals surface area (Å²) in [6, 6.07) is 7.63. The van der Waals surface area contributed by atoms with Gasteiger partial charge < -0.3 is 14.4 Å². The van der Waals surface area contributed by atoms with Crippen LogP contribution in [0.1, 0.15) is 37.6 Å². The van der Waals surface area contributed by atoms with Crippen molar-refractivity contribution in [2.24, 2.45) is 0 Å². The van der Waals surface area contributed by atoms with Crippen molar-refractivity contribution in [3.05, 3.63) is 62.1 Å². The molecule has 0 saturated carbocycles. The highest BCUT2D eigenvalue weighted by Crippen LogP contribution is 2.25. The summed E-state index contributed by atoms with van der Waals surface area (Å²) in [6.07, 6.45) is 1.73. The fourth-order valence-electron chi connectivity index (χ4n) is 3.74. The molecule has 164 valence electrons. The number of hydrogen-bond acceptors (Lipinski definition) is 5. The van der Waals surface area contributed by atoms with Crippen LogP contribution in [0.3, 0.4) is 0 Å². The number of carbonyl (C=O) groups excluding carboxylic acids is 1. The average molecular weight is 489 g/mol. The first-order chi connectivity index (χ1) is 14.7. The highest BCUT2D eigenvalue weighted by atomic mass is 79.9. The van der Waals surface area contributed by atoms with Gasteiger partial charge in [-0.05, 0) is 60.8 Å². The molecule has 3 aromatic rings. The molecule has 0 aliphatic carbocycles. The Morgan fingerprint density at radius 3 is 2.58 bits per heavy atom. The summed E-state index contributed by atoms with van der Waals surface area (Å²) in [6.45, 7) is 6.61. The van der Waals surface area contributed by atoms with Gasteiger partial charge >= 0.3 is 6.09 Å². The number of rotatable bonds is 3. The van der Waals surface area contributed by atoms with Crippen LogP contribution in [0.25, 0.3) is 5.65 Å². The molecule has 1 amide bonds. The van der Waals surface area contributed by atoms with Gasteiger partial charge in [0.25, 0.3) is 5.56 Å². The fraction of sp³-hybridized carbons (Fsp3) is 0.409. The van der Waals surface area contributed by atoms with E-state index in [9.17, 15) is 9.59 Å². The third kappa shape index (κ3) is 4.19. The lowest BCUT2D eigenvalue weighted by Crippen LogP contribution is -2.43. The van der Waals surface area contributed by atoms with Gasteiger partial charge in [-0.15, -0.1) is 0 Å². The molecule has 1 aliphatic heterocycles. The average Bonchev–Trinajstić information content (AvgIpc) is 3.11. The summed E-state index contributed by atoms with van der Waals surface area (Å²) in [5.74, 6) is 0.763. The summed E-state index contributed by atoms with van der Waals surface area (Å²) in [4.78, 5) is 27.7. The number of amides is 1. The Bertz CT molecular complexity index is 1190. The molecule has 0 radical (unpaired) electrons. The number of methoxy groups -OCH3 is 1. The summed E-state index contributed by atoms with van der Waals surface area (Å²) < 4.78 is 14.9. The van der Waals surface area contributed by atoms with E-state index in [1.54, 1.807) is 27.3 Å². The zero-order valence-corrected chi connectivity index (χ0v) is 19.6. The second-order valence-corrected chi connectivity index (χ2v) is 9.40. The lowest BCUT2D eigenvalue weighted by atomic mass is 10.1. The summed E-state index contributed by atoms with van der Waals surface area (Å²) in [5, 5.41) is 4.48. The van der Waals surface area contributed by atoms with Crippen LogP contribution in [-0.2, 0) is 24.2 Å². The first kappa shape index (κ1) is 21.4. The van der Waals surface area contributed by atoms with E-state index in [0.717, 1.165) is 15.8 Å². The molecule has 8 nitrogen and oxygen atoms in total. The molecule has 0 saturated heterocycles. The normalized spacial score (nSPS) is 13.9. The molecule has 4 rings (SSSR count). The number of halogens is 1. The lowest BCUT2D eigenvalue weighted by molar-refractivity contribution is 0.0218. The Hall–Kier alpha value is -2.81. The van der Waals surface area contributed by atoms with Crippen molar-refractivity contribution in [1.29, 1.82) is 0 Å². The smallest absolute Gasteiger partial charge is 0.410 e. The van der Waals surface area contributed by atoms with Gasteiger partial charge in [-0.2, -0.15) is 5.10 Å². The molecule has 0 bridgehead atoms. The van der Waals surface area contributed by atoms with E-state index in [2.05, 4.69) is 21.0 Å². The maximum Gasteiger partial charge on any atom is 0.410 e. The maximum absolute atomic E-state index is 13.5. The van der Waals surface area contributed by atoms with Crippen LogP contribution in [0.4, 0.5) is 4.79 Å². The summed E-state index contributed by atoms with van der Waals surface area (Å²) >= 11 is 3.53. The van der Waals surface area contributed by atoms with Crippen molar-refractivity contribution in [2.75, 3.05) is 13.7 Å². The Morgan fingerprint density at radius 1 is 1.23 bits per heavy atom. The number of aromatic nitrogens is 3. The highest BCUT2D eigenvalue weighted by Gasteiger charge is 2.30. The van der Waals surface area contributed by atoms with E-state index < -0.39 is 5.60 Å². The number of hydrogen-bond donors (Lipinski definition) is 0. The van der Waals surface area contributed by atoms with Crippen LogP contribution in [-0.4, -0.2) is 44.4 Å². The van der Waals surface area contributed by atoms with Crippen molar-refractivity contribution in [3.8, 4) is 5.75 Å². The molecular weight excluding hydrogens is 464 g/mol. The number of carbonyl (C=O) groups is 1. The van der Waals surface area contributed by atoms with Crippen LogP contribution in [0.5, 0.6) is 5.75 Å². The van der Waals surface area contributed by atoms with Gasteiger partial charge in [0.05, 0.1) is 36.6 Å². The van der Waals surface area contributed by atoms with E-state index in [-0.39, 0.29) is 18.2 Å². The Morgan fingerprint density at radius 2 is 1.94 bits per heavy atom. The zero-order chi connectivity index (χ0) is 22.3. The Kier molecular flexibility index (Phi) is 5.55. The quantitative estimate of drug-likeness (QED) is 0.562. The molecule has 0 spiro atoms.